The van der Waals surface area contributed by atoms with Gasteiger partial charge >= 0.3 is 5.97 Å². The molecule has 1 amide bonds. The number of ether oxygens (including phenoxy) is 1. The molecule has 0 spiro atoms. The molecule has 2 atom stereocenters. The quantitative estimate of drug-likeness (QED) is 0.305. The number of halogens is 2. The van der Waals surface area contributed by atoms with Crippen LogP contribution in [-0.2, 0) is 17.6 Å². The van der Waals surface area contributed by atoms with Gasteiger partial charge in [-0.2, -0.15) is 0 Å². The third-order valence-corrected chi connectivity index (χ3v) is 6.75. The third kappa shape index (κ3) is 6.68. The van der Waals surface area contributed by atoms with Crippen LogP contribution in [-0.4, -0.2) is 40.7 Å². The van der Waals surface area contributed by atoms with Crippen molar-refractivity contribution in [3.05, 3.63) is 87.5 Å². The molecule has 0 saturated heterocycles. The van der Waals surface area contributed by atoms with E-state index in [9.17, 15) is 14.7 Å². The van der Waals surface area contributed by atoms with E-state index in [1.165, 1.54) is 17.7 Å². The average Bonchev–Trinajstić information content (AvgIpc) is 2.87. The number of carbonyl (C=O) groups is 2. The number of nitrogens with one attached hydrogen (secondary N) is 2. The van der Waals surface area contributed by atoms with Crippen LogP contribution in [0.1, 0.15) is 40.7 Å². The SMILES string of the molecule is O=C(NC(Cc1ccc(OCCCC2CCc3cccnc3N2)cc1)C(=O)O)c1c(Cl)cccc1Cl. The predicted octanol–water partition coefficient (Wildman–Crippen LogP) is 5.40. The lowest BCUT2D eigenvalue weighted by molar-refractivity contribution is -0.139. The van der Waals surface area contributed by atoms with Crippen molar-refractivity contribution in [2.45, 2.75) is 44.2 Å². The van der Waals surface area contributed by atoms with Gasteiger partial charge in [-0.3, -0.25) is 4.79 Å². The van der Waals surface area contributed by atoms with Gasteiger partial charge in [-0.25, -0.2) is 9.78 Å². The van der Waals surface area contributed by atoms with Crippen molar-refractivity contribution in [3.8, 4) is 5.75 Å². The molecule has 2 aromatic carbocycles. The van der Waals surface area contributed by atoms with Gasteiger partial charge in [0.05, 0.1) is 22.2 Å². The Hall–Kier alpha value is -3.29. The Morgan fingerprint density at radius 3 is 2.58 bits per heavy atom. The largest absolute Gasteiger partial charge is 0.494 e. The highest BCUT2D eigenvalue weighted by atomic mass is 35.5. The van der Waals surface area contributed by atoms with Crippen LogP contribution in [0.25, 0.3) is 0 Å². The number of hydrogen-bond acceptors (Lipinski definition) is 5. The maximum absolute atomic E-state index is 12.6. The molecule has 0 aliphatic carbocycles. The number of aliphatic carboxylic acids is 1. The number of amides is 1. The Kier molecular flexibility index (Phi) is 8.67. The molecule has 1 aliphatic rings. The van der Waals surface area contributed by atoms with Gasteiger partial charge < -0.3 is 20.5 Å². The molecule has 0 bridgehead atoms. The Labute approximate surface area is 219 Å². The molecule has 1 aromatic heterocycles. The number of aromatic nitrogens is 1. The lowest BCUT2D eigenvalue weighted by atomic mass is 9.98. The van der Waals surface area contributed by atoms with E-state index < -0.39 is 17.9 Å². The molecular weight excluding hydrogens is 501 g/mol. The van der Waals surface area contributed by atoms with Crippen molar-refractivity contribution in [2.75, 3.05) is 11.9 Å². The number of benzene rings is 2. The van der Waals surface area contributed by atoms with Gasteiger partial charge in [0.25, 0.3) is 5.91 Å². The van der Waals surface area contributed by atoms with Gasteiger partial charge in [0, 0.05) is 18.7 Å². The van der Waals surface area contributed by atoms with Gasteiger partial charge in [-0.05, 0) is 67.1 Å². The normalized spacial score (nSPS) is 15.3. The number of anilines is 1. The van der Waals surface area contributed by atoms with E-state index >= 15 is 0 Å². The minimum atomic E-state index is -1.15. The van der Waals surface area contributed by atoms with Crippen molar-refractivity contribution in [1.82, 2.24) is 10.3 Å². The average molecular weight is 528 g/mol. The standard InChI is InChI=1S/C27H27Cl2N3O4/c28-21-6-1-7-22(29)24(21)26(33)32-23(27(34)35)16-17-8-12-20(13-9-17)36-15-3-5-19-11-10-18-4-2-14-30-25(18)31-19/h1-2,4,6-9,12-14,19,23H,3,5,10-11,15-16H2,(H,30,31)(H,32,33)(H,34,35). The van der Waals surface area contributed by atoms with E-state index in [1.807, 2.05) is 12.3 Å². The number of nitrogens with zero attached hydrogens (tertiary/aromatic N) is 1. The minimum Gasteiger partial charge on any atom is -0.494 e. The first-order valence-corrected chi connectivity index (χ1v) is 12.6. The summed E-state index contributed by atoms with van der Waals surface area (Å²) in [4.78, 5) is 28.8. The van der Waals surface area contributed by atoms with E-state index in [2.05, 4.69) is 21.7 Å². The molecule has 188 valence electrons. The third-order valence-electron chi connectivity index (χ3n) is 6.12. The summed E-state index contributed by atoms with van der Waals surface area (Å²) in [5.74, 6) is -0.0946. The minimum absolute atomic E-state index is 0.0553. The van der Waals surface area contributed by atoms with Crippen LogP contribution in [0.5, 0.6) is 5.75 Å². The molecule has 36 heavy (non-hydrogen) atoms. The summed E-state index contributed by atoms with van der Waals surface area (Å²) in [5.41, 5.74) is 2.07. The Balaban J connectivity index is 1.24. The summed E-state index contributed by atoms with van der Waals surface area (Å²) >= 11 is 12.1. The highest BCUT2D eigenvalue weighted by Gasteiger charge is 2.24. The van der Waals surface area contributed by atoms with E-state index in [-0.39, 0.29) is 22.0 Å². The number of aryl methyl sites for hydroxylation is 1. The van der Waals surface area contributed by atoms with Crippen molar-refractivity contribution in [2.24, 2.45) is 0 Å². The highest BCUT2D eigenvalue weighted by Crippen LogP contribution is 2.25. The first-order valence-electron chi connectivity index (χ1n) is 11.8. The van der Waals surface area contributed by atoms with Crippen LogP contribution < -0.4 is 15.4 Å². The van der Waals surface area contributed by atoms with Gasteiger partial charge in [0.15, 0.2) is 0 Å². The van der Waals surface area contributed by atoms with Gasteiger partial charge in [-0.15, -0.1) is 0 Å². The summed E-state index contributed by atoms with van der Waals surface area (Å²) in [6, 6.07) is 15.2. The number of rotatable bonds is 10. The molecule has 2 unspecified atom stereocenters. The van der Waals surface area contributed by atoms with Crippen molar-refractivity contribution < 1.29 is 19.4 Å². The summed E-state index contributed by atoms with van der Waals surface area (Å²) in [6.45, 7) is 0.582. The predicted molar refractivity (Wildman–Crippen MR) is 140 cm³/mol. The van der Waals surface area contributed by atoms with E-state index in [0.717, 1.165) is 37.1 Å². The molecule has 0 fully saturated rings. The second-order valence-electron chi connectivity index (χ2n) is 8.69. The zero-order chi connectivity index (χ0) is 25.5. The van der Waals surface area contributed by atoms with Crippen LogP contribution in [0.15, 0.2) is 60.8 Å². The van der Waals surface area contributed by atoms with Crippen molar-refractivity contribution >= 4 is 40.9 Å². The summed E-state index contributed by atoms with van der Waals surface area (Å²) in [5, 5.41) is 15.9. The molecule has 2 heterocycles. The van der Waals surface area contributed by atoms with Crippen molar-refractivity contribution in [3.63, 3.8) is 0 Å². The molecule has 3 aromatic rings. The topological polar surface area (TPSA) is 101 Å². The second-order valence-corrected chi connectivity index (χ2v) is 9.51. The zero-order valence-corrected chi connectivity index (χ0v) is 21.1. The van der Waals surface area contributed by atoms with Crippen LogP contribution in [0, 0.1) is 0 Å². The number of carbonyl (C=O) groups excluding carboxylic acids is 1. The maximum Gasteiger partial charge on any atom is 0.326 e. The van der Waals surface area contributed by atoms with Crippen LogP contribution in [0.4, 0.5) is 5.82 Å². The number of carboxylic acid groups (broad SMARTS) is 1. The molecule has 0 radical (unpaired) electrons. The van der Waals surface area contributed by atoms with Crippen molar-refractivity contribution in [1.29, 1.82) is 0 Å². The molecule has 3 N–H and O–H groups in total. The van der Waals surface area contributed by atoms with Crippen LogP contribution in [0.3, 0.4) is 0 Å². The van der Waals surface area contributed by atoms with Gasteiger partial charge in [-0.1, -0.05) is 47.5 Å². The van der Waals surface area contributed by atoms with E-state index in [4.69, 9.17) is 27.9 Å². The monoisotopic (exact) mass is 527 g/mol. The molecule has 1 aliphatic heterocycles. The molecular formula is C27H27Cl2N3O4. The zero-order valence-electron chi connectivity index (χ0n) is 19.5. The Bertz CT molecular complexity index is 1200. The lowest BCUT2D eigenvalue weighted by Crippen LogP contribution is -2.42. The summed E-state index contributed by atoms with van der Waals surface area (Å²) in [7, 11) is 0. The lowest BCUT2D eigenvalue weighted by Gasteiger charge is -2.25. The highest BCUT2D eigenvalue weighted by molar-refractivity contribution is 6.39. The Morgan fingerprint density at radius 2 is 1.86 bits per heavy atom. The van der Waals surface area contributed by atoms with Gasteiger partial charge in [0.2, 0.25) is 0 Å². The summed E-state index contributed by atoms with van der Waals surface area (Å²) < 4.78 is 5.86. The molecule has 9 heteroatoms. The smallest absolute Gasteiger partial charge is 0.326 e. The Morgan fingerprint density at radius 1 is 1.11 bits per heavy atom. The van der Waals surface area contributed by atoms with Crippen LogP contribution in [0.2, 0.25) is 10.0 Å². The fourth-order valence-electron chi connectivity index (χ4n) is 4.20. The number of hydrogen-bond donors (Lipinski definition) is 3. The molecule has 4 rings (SSSR count). The van der Waals surface area contributed by atoms with E-state index in [1.54, 1.807) is 30.3 Å². The number of pyridine rings is 1. The first-order chi connectivity index (χ1) is 17.4. The van der Waals surface area contributed by atoms with E-state index in [0.29, 0.717) is 18.4 Å². The molecule has 0 saturated carbocycles. The fraction of sp³-hybridized carbons (Fsp3) is 0.296. The number of fused-ring (bicyclic) bond motifs is 1. The summed E-state index contributed by atoms with van der Waals surface area (Å²) in [6.07, 6.45) is 5.92. The van der Waals surface area contributed by atoms with Crippen LogP contribution >= 0.6 is 23.2 Å². The first kappa shape index (κ1) is 25.8. The number of carboxylic acids is 1. The molecule has 7 nitrogen and oxygen atoms in total. The van der Waals surface area contributed by atoms with Gasteiger partial charge in [0.1, 0.15) is 17.6 Å². The fourth-order valence-corrected chi connectivity index (χ4v) is 4.77. The maximum atomic E-state index is 12.6. The second kappa shape index (κ2) is 12.1.